The second-order valence-electron chi connectivity index (χ2n) is 4.14. The first-order valence-corrected chi connectivity index (χ1v) is 6.05. The zero-order valence-electron chi connectivity index (χ0n) is 8.21. The van der Waals surface area contributed by atoms with Gasteiger partial charge in [0.1, 0.15) is 0 Å². The van der Waals surface area contributed by atoms with Crippen LogP contribution in [0.5, 0.6) is 0 Å². The van der Waals surface area contributed by atoms with E-state index in [1.807, 2.05) is 6.07 Å². The fourth-order valence-corrected chi connectivity index (χ4v) is 2.84. The molecule has 0 saturated heterocycles. The van der Waals surface area contributed by atoms with Crippen LogP contribution in [0.4, 0.5) is 0 Å². The van der Waals surface area contributed by atoms with Gasteiger partial charge in [-0.15, -0.1) is 0 Å². The molecule has 1 aromatic rings. The van der Waals surface area contributed by atoms with E-state index in [0.717, 1.165) is 22.6 Å². The highest BCUT2D eigenvalue weighted by atomic mass is 79.9. The van der Waals surface area contributed by atoms with E-state index in [9.17, 15) is 0 Å². The van der Waals surface area contributed by atoms with Gasteiger partial charge in [-0.2, -0.15) is 0 Å². The highest BCUT2D eigenvalue weighted by molar-refractivity contribution is 9.10. The molecule has 1 heterocycles. The van der Waals surface area contributed by atoms with Gasteiger partial charge in [0.05, 0.1) is 6.26 Å². The molecule has 0 radical (unpaired) electrons. The van der Waals surface area contributed by atoms with Crippen LogP contribution in [0.25, 0.3) is 0 Å². The third-order valence-corrected chi connectivity index (χ3v) is 3.75. The summed E-state index contributed by atoms with van der Waals surface area (Å²) in [6, 6.07) is 2.09. The Balaban J connectivity index is 1.95. The van der Waals surface area contributed by atoms with Crippen molar-refractivity contribution >= 4 is 15.9 Å². The van der Waals surface area contributed by atoms with Gasteiger partial charge in [0.25, 0.3) is 0 Å². The highest BCUT2D eigenvalue weighted by Gasteiger charge is 2.20. The summed E-state index contributed by atoms with van der Waals surface area (Å²) in [6.45, 7) is 0. The minimum Gasteiger partial charge on any atom is -0.457 e. The fraction of sp³-hybridized carbons (Fsp3) is 0.636. The van der Waals surface area contributed by atoms with Crippen LogP contribution in [-0.4, -0.2) is 0 Å². The zero-order valence-corrected chi connectivity index (χ0v) is 9.79. The lowest BCUT2D eigenvalue weighted by Gasteiger charge is -2.15. The molecule has 2 rings (SSSR count). The van der Waals surface area contributed by atoms with E-state index >= 15 is 0 Å². The first-order valence-electron chi connectivity index (χ1n) is 5.26. The molecule has 1 saturated carbocycles. The van der Waals surface area contributed by atoms with Crippen LogP contribution in [0.2, 0.25) is 0 Å². The summed E-state index contributed by atoms with van der Waals surface area (Å²) in [6.07, 6.45) is 8.24. The first-order chi connectivity index (χ1) is 6.77. The minimum atomic E-state index is 0.131. The van der Waals surface area contributed by atoms with Gasteiger partial charge in [0, 0.05) is 11.6 Å². The van der Waals surface area contributed by atoms with Crippen molar-refractivity contribution in [2.45, 2.75) is 38.1 Å². The molecular weight excluding hydrogens is 242 g/mol. The number of furan rings is 1. The van der Waals surface area contributed by atoms with Crippen molar-refractivity contribution < 1.29 is 4.42 Å². The molecule has 1 unspecified atom stereocenters. The Kier molecular flexibility index (Phi) is 3.29. The molecule has 1 atom stereocenters. The molecule has 1 aliphatic rings. The van der Waals surface area contributed by atoms with Crippen molar-refractivity contribution in [2.24, 2.45) is 11.7 Å². The van der Waals surface area contributed by atoms with Crippen LogP contribution in [0.1, 0.15) is 43.7 Å². The van der Waals surface area contributed by atoms with E-state index in [1.54, 1.807) is 6.26 Å². The standard InChI is InChI=1S/C11H16BrNO/c12-11-9(5-6-14-11)10(13)7-8-3-1-2-4-8/h5-6,8,10H,1-4,7,13H2. The third kappa shape index (κ3) is 2.20. The molecule has 78 valence electrons. The Morgan fingerprint density at radius 3 is 2.79 bits per heavy atom. The van der Waals surface area contributed by atoms with Gasteiger partial charge in [0.15, 0.2) is 4.67 Å². The van der Waals surface area contributed by atoms with E-state index in [4.69, 9.17) is 10.2 Å². The monoisotopic (exact) mass is 257 g/mol. The van der Waals surface area contributed by atoms with Crippen LogP contribution in [-0.2, 0) is 0 Å². The average Bonchev–Trinajstić information content (AvgIpc) is 2.75. The molecule has 0 aliphatic heterocycles. The summed E-state index contributed by atoms with van der Waals surface area (Å²) in [5.41, 5.74) is 7.24. The van der Waals surface area contributed by atoms with Crippen LogP contribution in [0, 0.1) is 5.92 Å². The molecule has 3 heteroatoms. The number of rotatable bonds is 3. The van der Waals surface area contributed by atoms with E-state index < -0.39 is 0 Å². The lowest BCUT2D eigenvalue weighted by atomic mass is 9.96. The van der Waals surface area contributed by atoms with Gasteiger partial charge in [-0.05, 0) is 34.3 Å². The number of hydrogen-bond acceptors (Lipinski definition) is 2. The highest BCUT2D eigenvalue weighted by Crippen LogP contribution is 2.34. The zero-order chi connectivity index (χ0) is 9.97. The fourth-order valence-electron chi connectivity index (χ4n) is 2.30. The molecular formula is C11H16BrNO. The molecule has 0 amide bonds. The van der Waals surface area contributed by atoms with Crippen molar-refractivity contribution in [2.75, 3.05) is 0 Å². The Labute approximate surface area is 93.0 Å². The SMILES string of the molecule is NC(CC1CCCC1)c1ccoc1Br. The maximum atomic E-state index is 6.13. The maximum absolute atomic E-state index is 6.13. The smallest absolute Gasteiger partial charge is 0.173 e. The maximum Gasteiger partial charge on any atom is 0.173 e. The van der Waals surface area contributed by atoms with Gasteiger partial charge >= 0.3 is 0 Å². The van der Waals surface area contributed by atoms with E-state index in [2.05, 4.69) is 15.9 Å². The van der Waals surface area contributed by atoms with Crippen molar-refractivity contribution in [1.29, 1.82) is 0 Å². The molecule has 2 nitrogen and oxygen atoms in total. The lowest BCUT2D eigenvalue weighted by molar-refractivity contribution is 0.444. The normalized spacial score (nSPS) is 20.1. The number of hydrogen-bond donors (Lipinski definition) is 1. The molecule has 0 spiro atoms. The quantitative estimate of drug-likeness (QED) is 0.899. The average molecular weight is 258 g/mol. The number of halogens is 1. The van der Waals surface area contributed by atoms with Gasteiger partial charge in [-0.3, -0.25) is 0 Å². The van der Waals surface area contributed by atoms with Gasteiger partial charge < -0.3 is 10.2 Å². The Morgan fingerprint density at radius 2 is 2.21 bits per heavy atom. The Morgan fingerprint density at radius 1 is 1.50 bits per heavy atom. The van der Waals surface area contributed by atoms with Crippen LogP contribution < -0.4 is 5.73 Å². The van der Waals surface area contributed by atoms with Gasteiger partial charge in [-0.1, -0.05) is 25.7 Å². The molecule has 14 heavy (non-hydrogen) atoms. The molecule has 2 N–H and O–H groups in total. The Bertz CT molecular complexity index is 291. The third-order valence-electron chi connectivity index (χ3n) is 3.11. The topological polar surface area (TPSA) is 39.2 Å². The van der Waals surface area contributed by atoms with Gasteiger partial charge in [0.2, 0.25) is 0 Å². The largest absolute Gasteiger partial charge is 0.457 e. The van der Waals surface area contributed by atoms with E-state index in [0.29, 0.717) is 0 Å². The molecule has 1 fully saturated rings. The second-order valence-corrected chi connectivity index (χ2v) is 4.86. The van der Waals surface area contributed by atoms with E-state index in [1.165, 1.54) is 25.7 Å². The first kappa shape index (κ1) is 10.2. The predicted octanol–water partition coefficient (Wildman–Crippen LogP) is 3.62. The van der Waals surface area contributed by atoms with Crippen molar-refractivity contribution in [3.8, 4) is 0 Å². The Hall–Kier alpha value is -0.280. The minimum absolute atomic E-state index is 0.131. The predicted molar refractivity (Wildman–Crippen MR) is 59.9 cm³/mol. The lowest BCUT2D eigenvalue weighted by Crippen LogP contribution is -2.13. The van der Waals surface area contributed by atoms with Gasteiger partial charge in [-0.25, -0.2) is 0 Å². The second kappa shape index (κ2) is 4.49. The molecule has 0 aromatic carbocycles. The van der Waals surface area contributed by atoms with Crippen molar-refractivity contribution in [3.63, 3.8) is 0 Å². The summed E-state index contributed by atoms with van der Waals surface area (Å²) in [4.78, 5) is 0. The summed E-state index contributed by atoms with van der Waals surface area (Å²) in [5, 5.41) is 0. The van der Waals surface area contributed by atoms with Crippen molar-refractivity contribution in [1.82, 2.24) is 0 Å². The van der Waals surface area contributed by atoms with Crippen molar-refractivity contribution in [3.05, 3.63) is 22.6 Å². The van der Waals surface area contributed by atoms with E-state index in [-0.39, 0.29) is 6.04 Å². The summed E-state index contributed by atoms with van der Waals surface area (Å²) >= 11 is 3.37. The van der Waals surface area contributed by atoms with Crippen LogP contribution >= 0.6 is 15.9 Å². The molecule has 0 bridgehead atoms. The molecule has 1 aliphatic carbocycles. The number of nitrogens with two attached hydrogens (primary N) is 1. The summed E-state index contributed by atoms with van der Waals surface area (Å²) < 4.78 is 5.98. The summed E-state index contributed by atoms with van der Waals surface area (Å²) in [7, 11) is 0. The molecule has 1 aromatic heterocycles. The van der Waals surface area contributed by atoms with Crippen LogP contribution in [0.15, 0.2) is 21.4 Å². The van der Waals surface area contributed by atoms with Crippen LogP contribution in [0.3, 0.4) is 0 Å². The summed E-state index contributed by atoms with van der Waals surface area (Å²) in [5.74, 6) is 0.826.